The van der Waals surface area contributed by atoms with Gasteiger partial charge >= 0.3 is 0 Å². The minimum absolute atomic E-state index is 0.0256. The summed E-state index contributed by atoms with van der Waals surface area (Å²) in [7, 11) is 0. The van der Waals surface area contributed by atoms with E-state index in [4.69, 9.17) is 16.3 Å². The van der Waals surface area contributed by atoms with Crippen molar-refractivity contribution in [2.45, 2.75) is 12.5 Å². The molecule has 4 rings (SSSR count). The van der Waals surface area contributed by atoms with Crippen molar-refractivity contribution in [3.8, 4) is 11.1 Å². The fourth-order valence-electron chi connectivity index (χ4n) is 3.55. The Balaban J connectivity index is 1.38. The third-order valence-electron chi connectivity index (χ3n) is 5.29. The van der Waals surface area contributed by atoms with Gasteiger partial charge in [-0.2, -0.15) is 0 Å². The molecule has 0 bridgehead atoms. The molecule has 4 nitrogen and oxygen atoms in total. The summed E-state index contributed by atoms with van der Waals surface area (Å²) in [6.07, 6.45) is 1.51. The maximum atomic E-state index is 14.1. The number of ether oxygens (including phenoxy) is 1. The van der Waals surface area contributed by atoms with Gasteiger partial charge in [-0.05, 0) is 42.3 Å². The smallest absolute Gasteiger partial charge is 0.253 e. The molecule has 0 N–H and O–H groups in total. The predicted octanol–water partition coefficient (Wildman–Crippen LogP) is 3.69. The first-order valence-electron chi connectivity index (χ1n) is 9.29. The molecule has 0 saturated carbocycles. The number of piperazine rings is 1. The fraction of sp³-hybridized carbons (Fsp3) is 0.381. The molecule has 0 spiro atoms. The SMILES string of the molecule is O=C(c1ccc(-c2ccc(Cl)cc2F)cc1)N1CCN(CC2CCO2)CC1. The van der Waals surface area contributed by atoms with Crippen LogP contribution in [0.5, 0.6) is 0 Å². The van der Waals surface area contributed by atoms with Crippen LogP contribution in [0.15, 0.2) is 42.5 Å². The van der Waals surface area contributed by atoms with Crippen LogP contribution in [0.25, 0.3) is 11.1 Å². The first kappa shape index (κ1) is 18.4. The normalized spacial score (nSPS) is 20.4. The lowest BCUT2D eigenvalue weighted by atomic mass is 10.0. The Bertz CT molecular complexity index is 815. The van der Waals surface area contributed by atoms with E-state index in [1.165, 1.54) is 6.07 Å². The Morgan fingerprint density at radius 2 is 1.81 bits per heavy atom. The van der Waals surface area contributed by atoms with E-state index in [2.05, 4.69) is 4.90 Å². The summed E-state index contributed by atoms with van der Waals surface area (Å²) in [5.74, 6) is -0.342. The monoisotopic (exact) mass is 388 g/mol. The first-order valence-corrected chi connectivity index (χ1v) is 9.67. The number of carbonyl (C=O) groups is 1. The van der Waals surface area contributed by atoms with Crippen molar-refractivity contribution in [3.63, 3.8) is 0 Å². The number of benzene rings is 2. The Labute approximate surface area is 163 Å². The molecule has 0 radical (unpaired) electrons. The highest BCUT2D eigenvalue weighted by molar-refractivity contribution is 6.30. The Morgan fingerprint density at radius 3 is 2.41 bits per heavy atom. The van der Waals surface area contributed by atoms with Gasteiger partial charge in [0, 0.05) is 55.5 Å². The maximum Gasteiger partial charge on any atom is 0.253 e. The summed E-state index contributed by atoms with van der Waals surface area (Å²) in [6, 6.07) is 11.7. The summed E-state index contributed by atoms with van der Waals surface area (Å²) >= 11 is 5.81. The summed E-state index contributed by atoms with van der Waals surface area (Å²) < 4.78 is 19.6. The van der Waals surface area contributed by atoms with Crippen LogP contribution in [0.4, 0.5) is 4.39 Å². The van der Waals surface area contributed by atoms with Crippen molar-refractivity contribution >= 4 is 17.5 Å². The number of carbonyl (C=O) groups excluding carboxylic acids is 1. The zero-order chi connectivity index (χ0) is 18.8. The molecule has 2 aromatic rings. The second-order valence-corrected chi connectivity index (χ2v) is 7.51. The van der Waals surface area contributed by atoms with Crippen molar-refractivity contribution in [3.05, 3.63) is 58.9 Å². The standard InChI is InChI=1S/C21H22ClFN2O2/c22-17-5-6-19(20(23)13-17)15-1-3-16(4-2-15)21(26)25-10-8-24(9-11-25)14-18-7-12-27-18/h1-6,13,18H,7-12,14H2. The fourth-order valence-corrected chi connectivity index (χ4v) is 3.71. The van der Waals surface area contributed by atoms with Gasteiger partial charge in [-0.1, -0.05) is 23.7 Å². The lowest BCUT2D eigenvalue weighted by Gasteiger charge is -2.38. The summed E-state index contributed by atoms with van der Waals surface area (Å²) in [5, 5.41) is 0.367. The Kier molecular flexibility index (Phi) is 5.43. The van der Waals surface area contributed by atoms with E-state index in [0.29, 0.717) is 22.3 Å². The van der Waals surface area contributed by atoms with E-state index in [1.807, 2.05) is 4.90 Å². The van der Waals surface area contributed by atoms with Gasteiger partial charge in [-0.15, -0.1) is 0 Å². The van der Waals surface area contributed by atoms with Crippen molar-refractivity contribution in [1.29, 1.82) is 0 Å². The minimum Gasteiger partial charge on any atom is -0.377 e. The molecule has 2 aliphatic heterocycles. The topological polar surface area (TPSA) is 32.8 Å². The lowest BCUT2D eigenvalue weighted by Crippen LogP contribution is -2.51. The summed E-state index contributed by atoms with van der Waals surface area (Å²) in [5.41, 5.74) is 1.83. The average molecular weight is 389 g/mol. The first-order chi connectivity index (χ1) is 13.1. The molecule has 1 amide bonds. The number of amides is 1. The van der Waals surface area contributed by atoms with Crippen LogP contribution in [0.1, 0.15) is 16.8 Å². The van der Waals surface area contributed by atoms with Gasteiger partial charge in [-0.25, -0.2) is 4.39 Å². The van der Waals surface area contributed by atoms with Gasteiger partial charge < -0.3 is 9.64 Å². The van der Waals surface area contributed by atoms with Crippen LogP contribution >= 0.6 is 11.6 Å². The van der Waals surface area contributed by atoms with Crippen LogP contribution in [0, 0.1) is 5.82 Å². The maximum absolute atomic E-state index is 14.1. The zero-order valence-electron chi connectivity index (χ0n) is 15.0. The minimum atomic E-state index is -0.367. The Morgan fingerprint density at radius 1 is 1.11 bits per heavy atom. The molecule has 0 aromatic heterocycles. The highest BCUT2D eigenvalue weighted by Crippen LogP contribution is 2.26. The van der Waals surface area contributed by atoms with Crippen molar-refractivity contribution in [1.82, 2.24) is 9.80 Å². The Hall–Kier alpha value is -1.95. The van der Waals surface area contributed by atoms with Crippen LogP contribution in [-0.4, -0.2) is 61.1 Å². The van der Waals surface area contributed by atoms with Crippen molar-refractivity contribution in [2.75, 3.05) is 39.3 Å². The molecule has 6 heteroatoms. The van der Waals surface area contributed by atoms with E-state index in [-0.39, 0.29) is 11.7 Å². The zero-order valence-corrected chi connectivity index (χ0v) is 15.8. The molecule has 2 aliphatic rings. The number of rotatable bonds is 4. The van der Waals surface area contributed by atoms with E-state index in [9.17, 15) is 9.18 Å². The van der Waals surface area contributed by atoms with Gasteiger partial charge in [-0.3, -0.25) is 9.69 Å². The molecular formula is C21H22ClFN2O2. The molecule has 2 fully saturated rings. The molecule has 0 aliphatic carbocycles. The molecular weight excluding hydrogens is 367 g/mol. The average Bonchev–Trinajstić information content (AvgIpc) is 2.65. The van der Waals surface area contributed by atoms with Crippen molar-refractivity contribution in [2.24, 2.45) is 0 Å². The number of nitrogens with zero attached hydrogens (tertiary/aromatic N) is 2. The largest absolute Gasteiger partial charge is 0.377 e. The van der Waals surface area contributed by atoms with Crippen LogP contribution in [0.2, 0.25) is 5.02 Å². The molecule has 2 saturated heterocycles. The third-order valence-corrected chi connectivity index (χ3v) is 5.52. The second-order valence-electron chi connectivity index (χ2n) is 7.08. The molecule has 27 heavy (non-hydrogen) atoms. The number of hydrogen-bond acceptors (Lipinski definition) is 3. The van der Waals surface area contributed by atoms with E-state index < -0.39 is 0 Å². The van der Waals surface area contributed by atoms with Gasteiger partial charge in [0.25, 0.3) is 5.91 Å². The number of hydrogen-bond donors (Lipinski definition) is 0. The quantitative estimate of drug-likeness (QED) is 0.800. The van der Waals surface area contributed by atoms with Gasteiger partial charge in [0.2, 0.25) is 0 Å². The van der Waals surface area contributed by atoms with Gasteiger partial charge in [0.1, 0.15) is 5.82 Å². The summed E-state index contributed by atoms with van der Waals surface area (Å²) in [4.78, 5) is 17.0. The van der Waals surface area contributed by atoms with E-state index >= 15 is 0 Å². The van der Waals surface area contributed by atoms with Crippen molar-refractivity contribution < 1.29 is 13.9 Å². The van der Waals surface area contributed by atoms with Gasteiger partial charge in [0.15, 0.2) is 0 Å². The van der Waals surface area contributed by atoms with Crippen LogP contribution in [-0.2, 0) is 4.74 Å². The second kappa shape index (κ2) is 7.97. The van der Waals surface area contributed by atoms with E-state index in [1.54, 1.807) is 36.4 Å². The van der Waals surface area contributed by atoms with E-state index in [0.717, 1.165) is 51.3 Å². The van der Waals surface area contributed by atoms with Gasteiger partial charge in [0.05, 0.1) is 6.10 Å². The summed E-state index contributed by atoms with van der Waals surface area (Å²) in [6.45, 7) is 5.03. The lowest BCUT2D eigenvalue weighted by molar-refractivity contribution is -0.0703. The highest BCUT2D eigenvalue weighted by Gasteiger charge is 2.26. The highest BCUT2D eigenvalue weighted by atomic mass is 35.5. The van der Waals surface area contributed by atoms with Crippen LogP contribution < -0.4 is 0 Å². The third kappa shape index (κ3) is 4.15. The molecule has 1 atom stereocenters. The van der Waals surface area contributed by atoms with Crippen LogP contribution in [0.3, 0.4) is 0 Å². The predicted molar refractivity (Wildman–Crippen MR) is 104 cm³/mol. The molecule has 1 unspecified atom stereocenters. The number of halogens is 2. The molecule has 2 aromatic carbocycles. The molecule has 142 valence electrons. The molecule has 2 heterocycles.